The van der Waals surface area contributed by atoms with Gasteiger partial charge in [0, 0.05) is 5.57 Å². The number of ether oxygens (including phenoxy) is 3. The van der Waals surface area contributed by atoms with Crippen molar-refractivity contribution < 1.29 is 24.1 Å². The van der Waals surface area contributed by atoms with Crippen LogP contribution in [-0.2, 0) is 11.2 Å². The van der Waals surface area contributed by atoms with Gasteiger partial charge >= 0.3 is 5.97 Å². The Bertz CT molecular complexity index is 729. The summed E-state index contributed by atoms with van der Waals surface area (Å²) in [6.07, 6.45) is 3.20. The monoisotopic (exact) mass is 404 g/mol. The first-order chi connectivity index (χ1) is 13.9. The number of methoxy groups -OCH3 is 1. The first-order valence-corrected chi connectivity index (χ1v) is 10.2. The number of aliphatic hydroxyl groups is 1. The van der Waals surface area contributed by atoms with E-state index in [1.165, 1.54) is 13.2 Å². The van der Waals surface area contributed by atoms with Gasteiger partial charge in [-0.1, -0.05) is 66.8 Å². The summed E-state index contributed by atoms with van der Waals surface area (Å²) in [7, 11) is 1.51. The van der Waals surface area contributed by atoms with E-state index in [1.54, 1.807) is 6.07 Å². The van der Waals surface area contributed by atoms with Crippen molar-refractivity contribution >= 4 is 5.97 Å². The maximum Gasteiger partial charge on any atom is 0.346 e. The summed E-state index contributed by atoms with van der Waals surface area (Å²) in [4.78, 5) is 12.5. The number of aliphatic hydroxyl groups excluding tert-OH is 1. The van der Waals surface area contributed by atoms with Crippen LogP contribution in [0, 0.1) is 5.92 Å². The fraction of sp³-hybridized carbons (Fsp3) is 0.458. The zero-order valence-corrected chi connectivity index (χ0v) is 18.9. The molecule has 0 saturated carbocycles. The van der Waals surface area contributed by atoms with Gasteiger partial charge in [-0.05, 0) is 30.4 Å². The quantitative estimate of drug-likeness (QED) is 0.439. The molecule has 0 saturated heterocycles. The van der Waals surface area contributed by atoms with E-state index in [0.29, 0.717) is 17.2 Å². The van der Waals surface area contributed by atoms with Crippen LogP contribution in [0.25, 0.3) is 0 Å². The molecule has 0 bridgehead atoms. The summed E-state index contributed by atoms with van der Waals surface area (Å²) in [5, 5.41) is 9.82. The zero-order valence-electron chi connectivity index (χ0n) is 18.9. The zero-order chi connectivity index (χ0) is 22.6. The number of benzene rings is 1. The Labute approximate surface area is 175 Å². The van der Waals surface area contributed by atoms with Gasteiger partial charge in [0.1, 0.15) is 23.7 Å². The van der Waals surface area contributed by atoms with E-state index in [9.17, 15) is 9.90 Å². The second-order valence-corrected chi connectivity index (χ2v) is 6.25. The first-order valence-electron chi connectivity index (χ1n) is 10.2. The van der Waals surface area contributed by atoms with Crippen LogP contribution in [0.5, 0.6) is 11.5 Å². The number of hydrogen-bond acceptors (Lipinski definition) is 5. The van der Waals surface area contributed by atoms with Crippen molar-refractivity contribution in [3.05, 3.63) is 59.6 Å². The van der Waals surface area contributed by atoms with Crippen LogP contribution >= 0.6 is 0 Å². The summed E-state index contributed by atoms with van der Waals surface area (Å²) < 4.78 is 16.6. The highest BCUT2D eigenvalue weighted by Gasteiger charge is 2.27. The lowest BCUT2D eigenvalue weighted by atomic mass is 9.99. The van der Waals surface area contributed by atoms with E-state index in [4.69, 9.17) is 14.2 Å². The van der Waals surface area contributed by atoms with Gasteiger partial charge in [0.15, 0.2) is 11.5 Å². The number of cyclic esters (lactones) is 1. The third-order valence-corrected chi connectivity index (χ3v) is 3.97. The molecule has 5 heteroatoms. The Balaban J connectivity index is 0.00000184. The second kappa shape index (κ2) is 13.5. The lowest BCUT2D eigenvalue weighted by Gasteiger charge is -2.22. The number of carbonyl (C=O) groups is 1. The van der Waals surface area contributed by atoms with Gasteiger partial charge in [0.25, 0.3) is 0 Å². The second-order valence-electron chi connectivity index (χ2n) is 6.25. The number of carbonyl (C=O) groups excluding carboxylic acids is 1. The molecule has 29 heavy (non-hydrogen) atoms. The Morgan fingerprint density at radius 2 is 1.90 bits per heavy atom. The molecule has 0 amide bonds. The molecule has 2 rings (SSSR count). The van der Waals surface area contributed by atoms with Crippen LogP contribution in [0.2, 0.25) is 0 Å². The molecule has 1 aromatic carbocycles. The largest absolute Gasteiger partial charge is 0.505 e. The fourth-order valence-corrected chi connectivity index (χ4v) is 2.61. The molecule has 1 heterocycles. The minimum Gasteiger partial charge on any atom is -0.505 e. The summed E-state index contributed by atoms with van der Waals surface area (Å²) in [6, 6.07) is 3.55. The molecule has 0 fully saturated rings. The molecule has 162 valence electrons. The van der Waals surface area contributed by atoms with Crippen molar-refractivity contribution in [3.63, 3.8) is 0 Å². The lowest BCUT2D eigenvalue weighted by molar-refractivity contribution is 0.0524. The molecule has 1 aliphatic heterocycles. The maximum atomic E-state index is 12.5. The Hall–Kier alpha value is -2.69. The van der Waals surface area contributed by atoms with E-state index in [-0.39, 0.29) is 29.4 Å². The molecule has 0 aliphatic carbocycles. The van der Waals surface area contributed by atoms with Crippen molar-refractivity contribution in [2.75, 3.05) is 13.7 Å². The van der Waals surface area contributed by atoms with Gasteiger partial charge < -0.3 is 19.3 Å². The molecule has 0 aromatic heterocycles. The summed E-state index contributed by atoms with van der Waals surface area (Å²) in [5.74, 6) is 0.535. The molecule has 1 aromatic rings. The van der Waals surface area contributed by atoms with Gasteiger partial charge in [-0.3, -0.25) is 0 Å². The van der Waals surface area contributed by atoms with E-state index in [0.717, 1.165) is 18.4 Å². The highest BCUT2D eigenvalue weighted by Crippen LogP contribution is 2.37. The minimum absolute atomic E-state index is 0.0734. The Kier molecular flexibility index (Phi) is 12.2. The number of esters is 1. The van der Waals surface area contributed by atoms with Crippen LogP contribution < -0.4 is 9.47 Å². The third kappa shape index (κ3) is 7.00. The maximum absolute atomic E-state index is 12.5. The number of hydrogen-bond donors (Lipinski definition) is 1. The smallest absolute Gasteiger partial charge is 0.346 e. The third-order valence-electron chi connectivity index (χ3n) is 3.97. The topological polar surface area (TPSA) is 65.0 Å². The van der Waals surface area contributed by atoms with Crippen molar-refractivity contribution in [2.24, 2.45) is 5.92 Å². The normalized spacial score (nSPS) is 15.1. The van der Waals surface area contributed by atoms with E-state index in [2.05, 4.69) is 27.0 Å². The molecular formula is C24H36O5. The van der Waals surface area contributed by atoms with Crippen molar-refractivity contribution in [1.29, 1.82) is 0 Å². The van der Waals surface area contributed by atoms with Gasteiger partial charge in [-0.2, -0.15) is 0 Å². The lowest BCUT2D eigenvalue weighted by Crippen LogP contribution is -2.18. The molecule has 0 unspecified atom stereocenters. The van der Waals surface area contributed by atoms with Crippen molar-refractivity contribution in [2.45, 2.75) is 54.4 Å². The first kappa shape index (κ1) is 26.3. The number of aryl methyl sites for hydroxylation is 1. The fourth-order valence-electron chi connectivity index (χ4n) is 2.61. The summed E-state index contributed by atoms with van der Waals surface area (Å²) in [6.45, 7) is 19.4. The number of rotatable bonds is 6. The molecule has 0 radical (unpaired) electrons. The summed E-state index contributed by atoms with van der Waals surface area (Å²) >= 11 is 0. The predicted molar refractivity (Wildman–Crippen MR) is 119 cm³/mol. The van der Waals surface area contributed by atoms with Gasteiger partial charge in [0.2, 0.25) is 0 Å². The van der Waals surface area contributed by atoms with Crippen molar-refractivity contribution in [3.8, 4) is 11.5 Å². The van der Waals surface area contributed by atoms with E-state index >= 15 is 0 Å². The highest BCUT2D eigenvalue weighted by molar-refractivity contribution is 5.96. The average molecular weight is 405 g/mol. The average Bonchev–Trinajstić information content (AvgIpc) is 2.72. The molecule has 1 aliphatic rings. The Morgan fingerprint density at radius 1 is 1.28 bits per heavy atom. The highest BCUT2D eigenvalue weighted by atomic mass is 16.5. The van der Waals surface area contributed by atoms with Crippen LogP contribution in [-0.4, -0.2) is 24.8 Å². The van der Waals surface area contributed by atoms with Gasteiger partial charge in [0.05, 0.1) is 7.11 Å². The molecular weight excluding hydrogens is 368 g/mol. The van der Waals surface area contributed by atoms with Crippen LogP contribution in [0.1, 0.15) is 63.9 Å². The Morgan fingerprint density at radius 3 is 2.38 bits per heavy atom. The van der Waals surface area contributed by atoms with Crippen molar-refractivity contribution in [1.82, 2.24) is 0 Å². The number of fused-ring (bicyclic) bond motifs is 1. The van der Waals surface area contributed by atoms with Crippen LogP contribution in [0.3, 0.4) is 0 Å². The molecule has 5 nitrogen and oxygen atoms in total. The molecule has 1 N–H and O–H groups in total. The van der Waals surface area contributed by atoms with Gasteiger partial charge in [-0.25, -0.2) is 4.79 Å². The SMILES string of the molecule is C=C/C1=C(\C(=C)O)Oc2ccc(CCC(C)C)c(OC)c2C(=O)OC1.CC.CC. The summed E-state index contributed by atoms with van der Waals surface area (Å²) in [5.41, 5.74) is 1.56. The van der Waals surface area contributed by atoms with E-state index < -0.39 is 5.97 Å². The molecule has 0 spiro atoms. The van der Waals surface area contributed by atoms with Gasteiger partial charge in [-0.15, -0.1) is 0 Å². The standard InChI is InChI=1S/C20H24O5.2C2H6/c1-6-14-11-24-20(22)17-16(25-18(14)13(4)21)10-9-15(19(17)23-5)8-7-12(2)3;2*1-2/h6,9-10,12,21H,1,4,7-8,11H2,2-3,5H3;2*1-2H3/b18-14-;;. The minimum atomic E-state index is -0.541. The van der Waals surface area contributed by atoms with Crippen LogP contribution in [0.15, 0.2) is 48.5 Å². The van der Waals surface area contributed by atoms with Crippen LogP contribution in [0.4, 0.5) is 0 Å². The molecule has 0 atom stereocenters. The van der Waals surface area contributed by atoms with E-state index in [1.807, 2.05) is 33.8 Å². The predicted octanol–water partition coefficient (Wildman–Crippen LogP) is 6.40.